The number of benzene rings is 4. The van der Waals surface area contributed by atoms with E-state index >= 15 is 0 Å². The van der Waals surface area contributed by atoms with Crippen molar-refractivity contribution in [3.63, 3.8) is 0 Å². The molecule has 0 saturated carbocycles. The third-order valence-electron chi connectivity index (χ3n) is 5.60. The third kappa shape index (κ3) is 2.71. The first-order valence-electron chi connectivity index (χ1n) is 9.87. The first kappa shape index (κ1) is 16.1. The summed E-state index contributed by atoms with van der Waals surface area (Å²) in [6.07, 6.45) is 0.226. The molecule has 0 saturated heterocycles. The van der Waals surface area contributed by atoms with Crippen LogP contribution in [-0.2, 0) is 0 Å². The summed E-state index contributed by atoms with van der Waals surface area (Å²) in [4.78, 5) is 2.04. The van der Waals surface area contributed by atoms with Gasteiger partial charge in [0, 0.05) is 11.1 Å². The molecule has 1 aromatic heterocycles. The lowest BCUT2D eigenvalue weighted by molar-refractivity contribution is 0.763. The standard InChI is InChI=1S/C26H19N3/c1-3-7-19(8-4-1)21-11-15-23(16-12-21)25-27-29-26(28(25)29)24-17-13-22(14-18-24)20-9-5-2-6-10-20/h1-18,26H. The van der Waals surface area contributed by atoms with Crippen LogP contribution in [0.15, 0.2) is 109 Å². The van der Waals surface area contributed by atoms with E-state index in [-0.39, 0.29) is 6.17 Å². The average Bonchev–Trinajstić information content (AvgIpc) is 3.39. The highest BCUT2D eigenvalue weighted by molar-refractivity contribution is 5.68. The van der Waals surface area contributed by atoms with Gasteiger partial charge in [0.25, 0.3) is 0 Å². The molecular formula is C26H19N3. The van der Waals surface area contributed by atoms with Crippen molar-refractivity contribution in [3.8, 4) is 33.6 Å². The quantitative estimate of drug-likeness (QED) is 0.366. The Labute approximate surface area is 169 Å². The van der Waals surface area contributed by atoms with E-state index < -0.39 is 0 Å². The molecule has 0 spiro atoms. The maximum atomic E-state index is 4.68. The van der Waals surface area contributed by atoms with Crippen molar-refractivity contribution in [3.05, 3.63) is 115 Å². The Morgan fingerprint density at radius 2 is 0.931 bits per heavy atom. The van der Waals surface area contributed by atoms with Gasteiger partial charge in [0.05, 0.1) is 0 Å². The van der Waals surface area contributed by atoms with E-state index in [4.69, 9.17) is 0 Å². The van der Waals surface area contributed by atoms with Crippen molar-refractivity contribution in [2.24, 2.45) is 0 Å². The van der Waals surface area contributed by atoms with Gasteiger partial charge in [0.2, 0.25) is 0 Å². The fraction of sp³-hybridized carbons (Fsp3) is 0.0385. The van der Waals surface area contributed by atoms with Crippen molar-refractivity contribution < 1.29 is 0 Å². The molecule has 0 radical (unpaired) electrons. The molecule has 0 fully saturated rings. The molecule has 3 heteroatoms. The lowest BCUT2D eigenvalue weighted by Crippen LogP contribution is -1.98. The molecule has 0 amide bonds. The van der Waals surface area contributed by atoms with E-state index in [0.29, 0.717) is 0 Å². The fourth-order valence-corrected chi connectivity index (χ4v) is 3.97. The Balaban J connectivity index is 1.22. The zero-order valence-electron chi connectivity index (χ0n) is 15.8. The minimum absolute atomic E-state index is 0.226. The summed E-state index contributed by atoms with van der Waals surface area (Å²) in [6, 6.07) is 38.4. The van der Waals surface area contributed by atoms with Crippen molar-refractivity contribution >= 4 is 0 Å². The van der Waals surface area contributed by atoms with Crippen LogP contribution in [0, 0.1) is 0 Å². The highest BCUT2D eigenvalue weighted by Gasteiger charge is 2.41. The first-order valence-corrected chi connectivity index (χ1v) is 9.87. The number of aromatic nitrogens is 3. The summed E-state index contributed by atoms with van der Waals surface area (Å²) in [5.74, 6) is 1.04. The van der Waals surface area contributed by atoms with Gasteiger partial charge in [0.1, 0.15) is 0 Å². The predicted octanol–water partition coefficient (Wildman–Crippen LogP) is 6.09. The van der Waals surface area contributed by atoms with E-state index in [1.54, 1.807) is 0 Å². The number of rotatable bonds is 4. The summed E-state index contributed by atoms with van der Waals surface area (Å²) in [5.41, 5.74) is 7.37. The minimum Gasteiger partial charge on any atom is -0.216 e. The molecule has 138 valence electrons. The molecule has 6 rings (SSSR count). The van der Waals surface area contributed by atoms with Crippen molar-refractivity contribution in [1.82, 2.24) is 14.6 Å². The molecule has 29 heavy (non-hydrogen) atoms. The fourth-order valence-electron chi connectivity index (χ4n) is 3.97. The summed E-state index contributed by atoms with van der Waals surface area (Å²) in [7, 11) is 0. The molecule has 1 aliphatic rings. The SMILES string of the molecule is c1ccc(-c2ccc(-c3nn4n3C4c3ccc(-c4ccccc4)cc3)cc2)cc1. The number of fused-ring (bicyclic) bond motifs is 1. The Hall–Kier alpha value is -3.85. The molecule has 5 aromatic rings. The molecule has 4 aromatic carbocycles. The highest BCUT2D eigenvalue weighted by atomic mass is 15.8. The summed E-state index contributed by atoms with van der Waals surface area (Å²) in [5, 5.41) is 4.68. The van der Waals surface area contributed by atoms with E-state index in [0.717, 1.165) is 11.4 Å². The van der Waals surface area contributed by atoms with Crippen LogP contribution in [0.5, 0.6) is 0 Å². The van der Waals surface area contributed by atoms with Crippen molar-refractivity contribution in [1.29, 1.82) is 0 Å². The molecule has 0 aliphatic carbocycles. The Bertz CT molecular complexity index is 1260. The van der Waals surface area contributed by atoms with Crippen LogP contribution in [0.25, 0.3) is 33.6 Å². The van der Waals surface area contributed by atoms with Gasteiger partial charge < -0.3 is 0 Å². The lowest BCUT2D eigenvalue weighted by atomic mass is 10.0. The maximum Gasteiger partial charge on any atom is 0.188 e. The summed E-state index contributed by atoms with van der Waals surface area (Å²) < 4.78 is 2.25. The Kier molecular flexibility index (Phi) is 3.53. The largest absolute Gasteiger partial charge is 0.216 e. The van der Waals surface area contributed by atoms with Gasteiger partial charge in [-0.05, 0) is 22.3 Å². The topological polar surface area (TPSA) is 22.8 Å². The molecule has 1 unspecified atom stereocenters. The molecule has 0 bridgehead atoms. The van der Waals surface area contributed by atoms with E-state index in [1.165, 1.54) is 27.8 Å². The Morgan fingerprint density at radius 1 is 0.483 bits per heavy atom. The van der Waals surface area contributed by atoms with Gasteiger partial charge in [-0.3, -0.25) is 0 Å². The van der Waals surface area contributed by atoms with Gasteiger partial charge in [-0.15, -0.1) is 5.10 Å². The van der Waals surface area contributed by atoms with Gasteiger partial charge in [0.15, 0.2) is 12.0 Å². The van der Waals surface area contributed by atoms with Crippen LogP contribution in [0.3, 0.4) is 0 Å². The average molecular weight is 373 g/mol. The molecule has 1 atom stereocenters. The zero-order chi connectivity index (χ0) is 19.2. The molecule has 2 heterocycles. The maximum absolute atomic E-state index is 4.68. The van der Waals surface area contributed by atoms with Crippen LogP contribution in [0.4, 0.5) is 0 Å². The second-order valence-electron chi connectivity index (χ2n) is 7.39. The van der Waals surface area contributed by atoms with E-state index in [2.05, 4.69) is 107 Å². The van der Waals surface area contributed by atoms with E-state index in [9.17, 15) is 0 Å². The van der Waals surface area contributed by atoms with Crippen LogP contribution in [0.2, 0.25) is 0 Å². The van der Waals surface area contributed by atoms with Gasteiger partial charge in [-0.1, -0.05) is 109 Å². The van der Waals surface area contributed by atoms with Crippen molar-refractivity contribution in [2.75, 3.05) is 0 Å². The van der Waals surface area contributed by atoms with Gasteiger partial charge in [-0.2, -0.15) is 4.80 Å². The molecule has 3 nitrogen and oxygen atoms in total. The second kappa shape index (κ2) is 6.35. The first-order chi connectivity index (χ1) is 14.4. The normalized spacial score (nSPS) is 14.6. The van der Waals surface area contributed by atoms with Gasteiger partial charge >= 0.3 is 0 Å². The smallest absolute Gasteiger partial charge is 0.188 e. The highest BCUT2D eigenvalue weighted by Crippen LogP contribution is 2.40. The monoisotopic (exact) mass is 373 g/mol. The molecule has 0 N–H and O–H groups in total. The summed E-state index contributed by atoms with van der Waals surface area (Å²) in [6.45, 7) is 0. The zero-order valence-corrected chi connectivity index (χ0v) is 15.8. The second-order valence-corrected chi connectivity index (χ2v) is 7.39. The third-order valence-corrected chi connectivity index (χ3v) is 5.60. The van der Waals surface area contributed by atoms with Crippen LogP contribution < -0.4 is 0 Å². The van der Waals surface area contributed by atoms with Crippen molar-refractivity contribution in [2.45, 2.75) is 6.17 Å². The van der Waals surface area contributed by atoms with E-state index in [1.807, 2.05) is 16.9 Å². The van der Waals surface area contributed by atoms with Crippen LogP contribution >= 0.6 is 0 Å². The number of nitrogens with zero attached hydrogens (tertiary/aromatic N) is 3. The van der Waals surface area contributed by atoms with Crippen LogP contribution in [0.1, 0.15) is 11.7 Å². The summed E-state index contributed by atoms with van der Waals surface area (Å²) >= 11 is 0. The lowest BCUT2D eigenvalue weighted by Gasteiger charge is -2.05. The Morgan fingerprint density at radius 3 is 1.48 bits per heavy atom. The minimum atomic E-state index is 0.226. The number of hydrogen-bond acceptors (Lipinski definition) is 1. The molecular weight excluding hydrogens is 354 g/mol. The predicted molar refractivity (Wildman–Crippen MR) is 117 cm³/mol. The number of hydrogen-bond donors (Lipinski definition) is 0. The molecule has 1 aliphatic heterocycles. The van der Waals surface area contributed by atoms with Crippen LogP contribution in [-0.4, -0.2) is 14.6 Å². The van der Waals surface area contributed by atoms with Gasteiger partial charge in [-0.25, -0.2) is 4.68 Å².